The molecular formula is C14H13F3N2O5S2. The van der Waals surface area contributed by atoms with Gasteiger partial charge in [-0.25, -0.2) is 22.0 Å². The van der Waals surface area contributed by atoms with E-state index in [1.807, 2.05) is 0 Å². The van der Waals surface area contributed by atoms with Crippen LogP contribution in [0.15, 0.2) is 53.4 Å². The highest BCUT2D eigenvalue weighted by molar-refractivity contribution is 7.92. The van der Waals surface area contributed by atoms with Crippen LogP contribution in [0, 0.1) is 0 Å². The van der Waals surface area contributed by atoms with Gasteiger partial charge in [-0.15, -0.1) is 13.2 Å². The van der Waals surface area contributed by atoms with Crippen LogP contribution >= 0.6 is 0 Å². The molecule has 0 fully saturated rings. The first kappa shape index (κ1) is 20.0. The molecule has 2 aromatic rings. The molecule has 0 aliphatic heterocycles. The van der Waals surface area contributed by atoms with Gasteiger partial charge in [0.25, 0.3) is 10.0 Å². The number of hydrogen-bond acceptors (Lipinski definition) is 5. The number of nitrogens with two attached hydrogens (primary N) is 1. The molecule has 142 valence electrons. The molecule has 0 aliphatic carbocycles. The van der Waals surface area contributed by atoms with Crippen LogP contribution in [0.1, 0.15) is 5.56 Å². The third-order valence-electron chi connectivity index (χ3n) is 2.92. The zero-order valence-electron chi connectivity index (χ0n) is 12.9. The number of halogens is 3. The smallest absolute Gasteiger partial charge is 0.406 e. The van der Waals surface area contributed by atoms with Gasteiger partial charge in [0, 0.05) is 11.8 Å². The second-order valence-electron chi connectivity index (χ2n) is 5.13. The maximum atomic E-state index is 12.3. The van der Waals surface area contributed by atoms with Crippen molar-refractivity contribution in [1.82, 2.24) is 0 Å². The summed E-state index contributed by atoms with van der Waals surface area (Å²) in [6.07, 6.45) is -4.95. The molecule has 0 aromatic heterocycles. The van der Waals surface area contributed by atoms with Gasteiger partial charge in [0.1, 0.15) is 5.75 Å². The van der Waals surface area contributed by atoms with Crippen molar-refractivity contribution in [2.45, 2.75) is 17.0 Å². The summed E-state index contributed by atoms with van der Waals surface area (Å²) >= 11 is 0. The number of primary sulfonamides is 1. The Hall–Kier alpha value is -2.31. The van der Waals surface area contributed by atoms with Gasteiger partial charge in [0.15, 0.2) is 0 Å². The van der Waals surface area contributed by atoms with E-state index in [1.165, 1.54) is 24.3 Å². The molecule has 0 aliphatic rings. The van der Waals surface area contributed by atoms with Gasteiger partial charge >= 0.3 is 6.36 Å². The van der Waals surface area contributed by atoms with Crippen molar-refractivity contribution < 1.29 is 34.7 Å². The lowest BCUT2D eigenvalue weighted by atomic mass is 10.2. The minimum absolute atomic E-state index is 0.0883. The fraction of sp³-hybridized carbons (Fsp3) is 0.143. The van der Waals surface area contributed by atoms with Gasteiger partial charge in [-0.05, 0) is 29.8 Å². The summed E-state index contributed by atoms with van der Waals surface area (Å²) in [7, 11) is -7.91. The quantitative estimate of drug-likeness (QED) is 0.757. The average molecular weight is 410 g/mol. The van der Waals surface area contributed by atoms with Gasteiger partial charge in [-0.1, -0.05) is 18.2 Å². The SMILES string of the molecule is NS(=O)(=O)Cc1ccc(NS(=O)(=O)c2cccc(OC(F)(F)F)c2)cc1. The van der Waals surface area contributed by atoms with Gasteiger partial charge in [0.2, 0.25) is 10.0 Å². The summed E-state index contributed by atoms with van der Waals surface area (Å²) in [6.45, 7) is 0. The maximum Gasteiger partial charge on any atom is 0.573 e. The van der Waals surface area contributed by atoms with Crippen molar-refractivity contribution in [3.05, 3.63) is 54.1 Å². The first-order valence-electron chi connectivity index (χ1n) is 6.82. The molecule has 12 heteroatoms. The first-order valence-corrected chi connectivity index (χ1v) is 10.0. The highest BCUT2D eigenvalue weighted by Gasteiger charge is 2.31. The largest absolute Gasteiger partial charge is 0.573 e. The van der Waals surface area contributed by atoms with Crippen LogP contribution in [0.4, 0.5) is 18.9 Å². The van der Waals surface area contributed by atoms with E-state index >= 15 is 0 Å². The van der Waals surface area contributed by atoms with Crippen LogP contribution in [0.3, 0.4) is 0 Å². The van der Waals surface area contributed by atoms with E-state index in [0.29, 0.717) is 5.56 Å². The van der Waals surface area contributed by atoms with Gasteiger partial charge in [-0.2, -0.15) is 0 Å². The lowest BCUT2D eigenvalue weighted by Crippen LogP contribution is -2.18. The summed E-state index contributed by atoms with van der Waals surface area (Å²) in [5, 5.41) is 4.91. The van der Waals surface area contributed by atoms with Crippen molar-refractivity contribution >= 4 is 25.7 Å². The predicted octanol–water partition coefficient (Wildman–Crippen LogP) is 2.17. The van der Waals surface area contributed by atoms with Crippen LogP contribution in [0.5, 0.6) is 5.75 Å². The molecule has 0 atom stereocenters. The molecule has 0 saturated heterocycles. The monoisotopic (exact) mass is 410 g/mol. The zero-order valence-corrected chi connectivity index (χ0v) is 14.5. The van der Waals surface area contributed by atoms with E-state index in [0.717, 1.165) is 24.3 Å². The zero-order chi connectivity index (χ0) is 19.6. The van der Waals surface area contributed by atoms with Gasteiger partial charge < -0.3 is 4.74 Å². The van der Waals surface area contributed by atoms with E-state index in [2.05, 4.69) is 9.46 Å². The maximum absolute atomic E-state index is 12.3. The Morgan fingerprint density at radius 3 is 2.15 bits per heavy atom. The highest BCUT2D eigenvalue weighted by atomic mass is 32.2. The molecule has 7 nitrogen and oxygen atoms in total. The molecule has 2 rings (SSSR count). The van der Waals surface area contributed by atoms with E-state index < -0.39 is 42.8 Å². The summed E-state index contributed by atoms with van der Waals surface area (Å²) in [5.74, 6) is -1.10. The van der Waals surface area contributed by atoms with E-state index in [-0.39, 0.29) is 5.69 Å². The van der Waals surface area contributed by atoms with Gasteiger partial charge in [0.05, 0.1) is 10.6 Å². The average Bonchev–Trinajstić information content (AvgIpc) is 2.46. The fourth-order valence-corrected chi connectivity index (χ4v) is 3.70. The van der Waals surface area contributed by atoms with Crippen LogP contribution in [-0.2, 0) is 25.8 Å². The molecule has 0 saturated carbocycles. The summed E-state index contributed by atoms with van der Waals surface area (Å²) in [6, 6.07) is 9.20. The molecule has 0 heterocycles. The number of rotatable bonds is 6. The Kier molecular flexibility index (Phi) is 5.49. The predicted molar refractivity (Wildman–Crippen MR) is 87.2 cm³/mol. The van der Waals surface area contributed by atoms with Crippen molar-refractivity contribution in [2.24, 2.45) is 5.14 Å². The van der Waals surface area contributed by atoms with Crippen molar-refractivity contribution in [2.75, 3.05) is 4.72 Å². The minimum atomic E-state index is -4.95. The summed E-state index contributed by atoms with van der Waals surface area (Å²) in [4.78, 5) is -0.437. The first-order chi connectivity index (χ1) is 11.8. The Morgan fingerprint density at radius 2 is 1.62 bits per heavy atom. The standard InChI is InChI=1S/C14H13F3N2O5S2/c15-14(16,17)24-12-2-1-3-13(8-12)26(22,23)19-11-6-4-10(5-7-11)9-25(18,20)21/h1-8,19H,9H2,(H2,18,20,21). The molecule has 2 aromatic carbocycles. The van der Waals surface area contributed by atoms with Crippen LogP contribution in [0.2, 0.25) is 0 Å². The fourth-order valence-electron chi connectivity index (χ4n) is 1.95. The number of nitrogens with one attached hydrogen (secondary N) is 1. The Morgan fingerprint density at radius 1 is 1.00 bits per heavy atom. The molecular weight excluding hydrogens is 397 g/mol. The molecule has 26 heavy (non-hydrogen) atoms. The molecule has 0 amide bonds. The van der Waals surface area contributed by atoms with Crippen molar-refractivity contribution in [3.63, 3.8) is 0 Å². The second kappa shape index (κ2) is 7.13. The third kappa shape index (κ3) is 6.20. The lowest BCUT2D eigenvalue weighted by molar-refractivity contribution is -0.274. The number of anilines is 1. The topological polar surface area (TPSA) is 116 Å². The Bertz CT molecular complexity index is 988. The number of benzene rings is 2. The molecule has 0 spiro atoms. The number of sulfonamides is 2. The normalized spacial score (nSPS) is 12.6. The van der Waals surface area contributed by atoms with Crippen LogP contribution in [0.25, 0.3) is 0 Å². The minimum Gasteiger partial charge on any atom is -0.406 e. The van der Waals surface area contributed by atoms with E-state index in [4.69, 9.17) is 5.14 Å². The van der Waals surface area contributed by atoms with Crippen LogP contribution in [-0.4, -0.2) is 23.2 Å². The number of alkyl halides is 3. The molecule has 3 N–H and O–H groups in total. The Balaban J connectivity index is 2.19. The van der Waals surface area contributed by atoms with Gasteiger partial charge in [-0.3, -0.25) is 4.72 Å². The van der Waals surface area contributed by atoms with Crippen molar-refractivity contribution in [3.8, 4) is 5.75 Å². The molecule has 0 unspecified atom stereocenters. The van der Waals surface area contributed by atoms with E-state index in [1.54, 1.807) is 0 Å². The second-order valence-corrected chi connectivity index (χ2v) is 8.43. The van der Waals surface area contributed by atoms with E-state index in [9.17, 15) is 30.0 Å². The molecule has 0 bridgehead atoms. The molecule has 0 radical (unpaired) electrons. The lowest BCUT2D eigenvalue weighted by Gasteiger charge is -2.12. The van der Waals surface area contributed by atoms with Crippen LogP contribution < -0.4 is 14.6 Å². The Labute approximate surface area is 147 Å². The number of ether oxygens (including phenoxy) is 1. The van der Waals surface area contributed by atoms with Crippen molar-refractivity contribution in [1.29, 1.82) is 0 Å². The number of hydrogen-bond donors (Lipinski definition) is 2. The summed E-state index contributed by atoms with van der Waals surface area (Å²) in [5.41, 5.74) is 0.432. The summed E-state index contributed by atoms with van der Waals surface area (Å²) < 4.78 is 89.1. The highest BCUT2D eigenvalue weighted by Crippen LogP contribution is 2.26. The third-order valence-corrected chi connectivity index (χ3v) is 5.04.